The lowest BCUT2D eigenvalue weighted by Gasteiger charge is -2.01. The average Bonchev–Trinajstić information content (AvgIpc) is 3.16. The van der Waals surface area contributed by atoms with Crippen molar-refractivity contribution in [3.63, 3.8) is 0 Å². The first-order valence-electron chi connectivity index (χ1n) is 8.91. The topological polar surface area (TPSA) is 43.1 Å². The van der Waals surface area contributed by atoms with E-state index in [1.807, 2.05) is 36.4 Å². The molecule has 0 atom stereocenters. The molecule has 1 aromatic heterocycles. The van der Waals surface area contributed by atoms with E-state index in [0.717, 1.165) is 37.7 Å². The largest absolute Gasteiger partial charge is 0.442 e. The summed E-state index contributed by atoms with van der Waals surface area (Å²) in [4.78, 5) is 16.5. The molecule has 0 fully saturated rings. The predicted molar refractivity (Wildman–Crippen MR) is 99.5 cm³/mol. The molecule has 0 amide bonds. The van der Waals surface area contributed by atoms with E-state index in [0.29, 0.717) is 12.1 Å². The van der Waals surface area contributed by atoms with E-state index in [1.165, 1.54) is 5.56 Å². The van der Waals surface area contributed by atoms with E-state index >= 15 is 0 Å². The van der Waals surface area contributed by atoms with Gasteiger partial charge in [-0.1, -0.05) is 73.5 Å². The van der Waals surface area contributed by atoms with Crippen molar-refractivity contribution in [2.75, 3.05) is 0 Å². The average molecular weight is 333 g/mol. The zero-order chi connectivity index (χ0) is 17.3. The molecule has 128 valence electrons. The highest BCUT2D eigenvalue weighted by molar-refractivity contribution is 5.92. The third-order valence-corrected chi connectivity index (χ3v) is 4.27. The van der Waals surface area contributed by atoms with Gasteiger partial charge in [-0.25, -0.2) is 4.98 Å². The van der Waals surface area contributed by atoms with Gasteiger partial charge in [-0.2, -0.15) is 0 Å². The Kier molecular flexibility index (Phi) is 6.16. The minimum Gasteiger partial charge on any atom is -0.442 e. The molecular weight excluding hydrogens is 310 g/mol. The van der Waals surface area contributed by atoms with Crippen molar-refractivity contribution in [3.05, 3.63) is 78.4 Å². The third kappa shape index (κ3) is 5.15. The summed E-state index contributed by atoms with van der Waals surface area (Å²) in [5, 5.41) is 0. The van der Waals surface area contributed by atoms with Gasteiger partial charge in [0.05, 0.1) is 0 Å². The first-order chi connectivity index (χ1) is 12.3. The van der Waals surface area contributed by atoms with E-state index in [2.05, 4.69) is 29.2 Å². The highest BCUT2D eigenvalue weighted by Crippen LogP contribution is 2.19. The number of carbonyl (C=O) groups excluding carboxylic acids is 1. The Bertz CT molecular complexity index is 778. The fraction of sp³-hybridized carbons (Fsp3) is 0.273. The Hall–Kier alpha value is -2.68. The predicted octanol–water partition coefficient (Wildman–Crippen LogP) is 5.72. The fourth-order valence-electron chi connectivity index (χ4n) is 2.86. The molecule has 0 unspecified atom stereocenters. The fourth-order valence-corrected chi connectivity index (χ4v) is 2.86. The standard InChI is InChI=1S/C22H23NO2/c24-21(16-10-2-1-5-11-18-12-6-3-7-13-18)22-23-20(17-25-22)19-14-8-4-9-15-19/h3-4,6-9,12-15,17H,1-2,5,10-11,16H2. The molecule has 1 heterocycles. The van der Waals surface area contributed by atoms with Gasteiger partial charge in [-0.15, -0.1) is 0 Å². The van der Waals surface area contributed by atoms with Crippen LogP contribution < -0.4 is 0 Å². The minimum atomic E-state index is -0.00904. The second-order valence-electron chi connectivity index (χ2n) is 6.23. The normalized spacial score (nSPS) is 10.7. The molecule has 0 spiro atoms. The lowest BCUT2D eigenvalue weighted by atomic mass is 10.0. The summed E-state index contributed by atoms with van der Waals surface area (Å²) < 4.78 is 5.36. The second-order valence-corrected chi connectivity index (χ2v) is 6.23. The van der Waals surface area contributed by atoms with Crippen LogP contribution in [0.15, 0.2) is 71.3 Å². The van der Waals surface area contributed by atoms with Gasteiger partial charge in [-0.3, -0.25) is 4.79 Å². The van der Waals surface area contributed by atoms with E-state index in [1.54, 1.807) is 6.26 Å². The molecule has 0 bridgehead atoms. The molecule has 3 nitrogen and oxygen atoms in total. The van der Waals surface area contributed by atoms with Gasteiger partial charge in [0.1, 0.15) is 12.0 Å². The molecule has 0 aliphatic heterocycles. The van der Waals surface area contributed by atoms with Crippen LogP contribution in [0.1, 0.15) is 48.4 Å². The van der Waals surface area contributed by atoms with Gasteiger partial charge in [-0.05, 0) is 24.8 Å². The van der Waals surface area contributed by atoms with Crippen molar-refractivity contribution < 1.29 is 9.21 Å². The lowest BCUT2D eigenvalue weighted by molar-refractivity contribution is 0.0945. The van der Waals surface area contributed by atoms with Crippen LogP contribution in [-0.4, -0.2) is 10.8 Å². The summed E-state index contributed by atoms with van der Waals surface area (Å²) >= 11 is 0. The number of nitrogens with zero attached hydrogens (tertiary/aromatic N) is 1. The number of ketones is 1. The molecule has 3 rings (SSSR count). The number of benzene rings is 2. The van der Waals surface area contributed by atoms with Crippen molar-refractivity contribution in [2.24, 2.45) is 0 Å². The summed E-state index contributed by atoms with van der Waals surface area (Å²) in [6.45, 7) is 0. The van der Waals surface area contributed by atoms with Crippen molar-refractivity contribution in [1.82, 2.24) is 4.98 Å². The summed E-state index contributed by atoms with van der Waals surface area (Å²) in [7, 11) is 0. The number of aryl methyl sites for hydroxylation is 1. The first kappa shape index (κ1) is 17.2. The summed E-state index contributed by atoms with van der Waals surface area (Å²) in [5.41, 5.74) is 3.06. The highest BCUT2D eigenvalue weighted by atomic mass is 16.3. The monoisotopic (exact) mass is 333 g/mol. The molecule has 0 aliphatic rings. The Balaban J connectivity index is 1.37. The van der Waals surface area contributed by atoms with Crippen molar-refractivity contribution in [3.8, 4) is 11.3 Å². The molecule has 0 radical (unpaired) electrons. The Morgan fingerprint density at radius 2 is 1.52 bits per heavy atom. The number of unbranched alkanes of at least 4 members (excludes halogenated alkanes) is 3. The number of hydrogen-bond acceptors (Lipinski definition) is 3. The molecule has 3 heteroatoms. The van der Waals surface area contributed by atoms with Gasteiger partial charge < -0.3 is 4.42 Å². The number of aromatic nitrogens is 1. The first-order valence-corrected chi connectivity index (χ1v) is 8.91. The van der Waals surface area contributed by atoms with Crippen LogP contribution in [0.4, 0.5) is 0 Å². The van der Waals surface area contributed by atoms with Gasteiger partial charge in [0.25, 0.3) is 5.89 Å². The second kappa shape index (κ2) is 8.97. The van der Waals surface area contributed by atoms with Crippen LogP contribution >= 0.6 is 0 Å². The third-order valence-electron chi connectivity index (χ3n) is 4.27. The van der Waals surface area contributed by atoms with Crippen molar-refractivity contribution >= 4 is 5.78 Å². The molecule has 0 saturated heterocycles. The van der Waals surface area contributed by atoms with Crippen LogP contribution in [0.2, 0.25) is 0 Å². The van der Waals surface area contributed by atoms with E-state index in [-0.39, 0.29) is 11.7 Å². The van der Waals surface area contributed by atoms with Gasteiger partial charge >= 0.3 is 0 Å². The summed E-state index contributed by atoms with van der Waals surface area (Å²) in [5.74, 6) is 0.216. The lowest BCUT2D eigenvalue weighted by Crippen LogP contribution is -1.99. The zero-order valence-corrected chi connectivity index (χ0v) is 14.4. The van der Waals surface area contributed by atoms with Crippen LogP contribution in [0.3, 0.4) is 0 Å². The molecule has 0 N–H and O–H groups in total. The maximum atomic E-state index is 12.2. The summed E-state index contributed by atoms with van der Waals surface area (Å²) in [6, 6.07) is 20.3. The quantitative estimate of drug-likeness (QED) is 0.372. The van der Waals surface area contributed by atoms with Crippen LogP contribution in [-0.2, 0) is 6.42 Å². The maximum absolute atomic E-state index is 12.2. The van der Waals surface area contributed by atoms with Crippen molar-refractivity contribution in [2.45, 2.75) is 38.5 Å². The van der Waals surface area contributed by atoms with Crippen LogP contribution in [0.5, 0.6) is 0 Å². The van der Waals surface area contributed by atoms with E-state index in [4.69, 9.17) is 4.42 Å². The van der Waals surface area contributed by atoms with Crippen LogP contribution in [0, 0.1) is 0 Å². The number of hydrogen-bond donors (Lipinski definition) is 0. The Morgan fingerprint density at radius 3 is 2.28 bits per heavy atom. The molecule has 0 saturated carbocycles. The highest BCUT2D eigenvalue weighted by Gasteiger charge is 2.13. The molecule has 3 aromatic rings. The van der Waals surface area contributed by atoms with E-state index in [9.17, 15) is 4.79 Å². The van der Waals surface area contributed by atoms with Gasteiger partial charge in [0, 0.05) is 12.0 Å². The summed E-state index contributed by atoms with van der Waals surface area (Å²) in [6.07, 6.45) is 7.41. The molecule has 2 aromatic carbocycles. The zero-order valence-electron chi connectivity index (χ0n) is 14.4. The van der Waals surface area contributed by atoms with Crippen LogP contribution in [0.25, 0.3) is 11.3 Å². The number of oxazole rings is 1. The molecular formula is C22H23NO2. The number of carbonyl (C=O) groups is 1. The van der Waals surface area contributed by atoms with E-state index < -0.39 is 0 Å². The minimum absolute atomic E-state index is 0.00904. The number of Topliss-reactive ketones (excluding diaryl/α,β-unsaturated/α-hetero) is 1. The number of rotatable bonds is 9. The Labute approximate surface area is 148 Å². The van der Waals surface area contributed by atoms with Crippen molar-refractivity contribution in [1.29, 1.82) is 0 Å². The molecule has 25 heavy (non-hydrogen) atoms. The van der Waals surface area contributed by atoms with Gasteiger partial charge in [0.15, 0.2) is 0 Å². The van der Waals surface area contributed by atoms with Gasteiger partial charge in [0.2, 0.25) is 5.78 Å². The molecule has 0 aliphatic carbocycles. The maximum Gasteiger partial charge on any atom is 0.263 e. The smallest absolute Gasteiger partial charge is 0.263 e. The Morgan fingerprint density at radius 1 is 0.840 bits per heavy atom. The SMILES string of the molecule is O=C(CCCCCCc1ccccc1)c1nc(-c2ccccc2)co1.